The van der Waals surface area contributed by atoms with Crippen LogP contribution in [-0.4, -0.2) is 54.3 Å². The molecule has 0 aromatic carbocycles. The topological polar surface area (TPSA) is 131 Å². The molecule has 1 amide bonds. The minimum Gasteiger partial charge on any atom is -0.463 e. The van der Waals surface area contributed by atoms with Crippen LogP contribution in [0.1, 0.15) is 174 Å². The van der Waals surface area contributed by atoms with Crippen molar-refractivity contribution < 1.29 is 37.9 Å². The van der Waals surface area contributed by atoms with Gasteiger partial charge in [0.05, 0.1) is 13.2 Å². The molecule has 0 aromatic rings. The summed E-state index contributed by atoms with van der Waals surface area (Å²) >= 11 is 0. The Kier molecular flexibility index (Phi) is 38.7. The van der Waals surface area contributed by atoms with E-state index in [2.05, 4.69) is 73.8 Å². The first kappa shape index (κ1) is 51.7. The molecule has 2 atom stereocenters. The molecule has 54 heavy (non-hydrogen) atoms. The lowest BCUT2D eigenvalue weighted by molar-refractivity contribution is -0.147. The summed E-state index contributed by atoms with van der Waals surface area (Å²) in [6.07, 6.45) is 47.3. The summed E-state index contributed by atoms with van der Waals surface area (Å²) < 4.78 is 26.8. The molecule has 0 aliphatic heterocycles. The maximum absolute atomic E-state index is 12.1. The lowest BCUT2D eigenvalue weighted by Gasteiger charge is -2.15. The number of aliphatic hydroxyl groups excluding tert-OH is 1. The Hall–Kier alpha value is -2.29. The van der Waals surface area contributed by atoms with E-state index < -0.39 is 26.5 Å². The zero-order valence-electron chi connectivity index (χ0n) is 34.1. The Balaban J connectivity index is 3.68. The lowest BCUT2D eigenvalue weighted by atomic mass is 10.0. The summed E-state index contributed by atoms with van der Waals surface area (Å²) in [6.45, 7) is 3.38. The van der Waals surface area contributed by atoms with Crippen molar-refractivity contribution in [2.45, 2.75) is 180 Å². The van der Waals surface area contributed by atoms with Crippen molar-refractivity contribution in [2.75, 3.05) is 26.4 Å². The molecule has 0 aromatic heterocycles. The smallest absolute Gasteiger partial charge is 0.463 e. The number of aliphatic hydroxyl groups is 1. The Morgan fingerprint density at radius 2 is 1.06 bits per heavy atom. The summed E-state index contributed by atoms with van der Waals surface area (Å²) in [5.74, 6) is -0.576. The zero-order chi connectivity index (χ0) is 39.6. The molecule has 0 aliphatic rings. The number of phosphoric acid groups is 1. The molecular weight excluding hydrogens is 701 g/mol. The first-order valence-electron chi connectivity index (χ1n) is 21.3. The molecule has 9 nitrogen and oxygen atoms in total. The van der Waals surface area contributed by atoms with E-state index in [-0.39, 0.29) is 32.1 Å². The standard InChI is InChI=1S/C44H78NO8P/c1-3-5-7-9-11-13-15-17-19-21-23-25-27-29-31-33-35-37-44(48)51-40-42(46)41-53-54(49,50)52-39-38-45-43(47)36-34-32-30-28-26-24-22-20-18-16-14-12-10-8-6-4-2/h5,7,11,13,17,19,23,25,29,31,42,46H,3-4,6,8-10,12,14-16,18,20-22,24,26-28,30,32-41H2,1-2H3,(H,45,47)(H,49,50)/b7-5-,13-11-,19-17-,25-23-,31-29-. The van der Waals surface area contributed by atoms with E-state index >= 15 is 0 Å². The van der Waals surface area contributed by atoms with Crippen LogP contribution in [0.25, 0.3) is 0 Å². The van der Waals surface area contributed by atoms with Gasteiger partial charge >= 0.3 is 13.8 Å². The number of nitrogens with one attached hydrogen (secondary N) is 1. The van der Waals surface area contributed by atoms with Crippen molar-refractivity contribution in [3.05, 3.63) is 60.8 Å². The van der Waals surface area contributed by atoms with Gasteiger partial charge in [-0.1, -0.05) is 171 Å². The van der Waals surface area contributed by atoms with Crippen LogP contribution in [0, 0.1) is 0 Å². The molecule has 0 bridgehead atoms. The molecule has 0 saturated carbocycles. The average molecular weight is 780 g/mol. The highest BCUT2D eigenvalue weighted by Gasteiger charge is 2.23. The van der Waals surface area contributed by atoms with Crippen LogP contribution in [0.5, 0.6) is 0 Å². The second-order valence-electron chi connectivity index (χ2n) is 13.9. The van der Waals surface area contributed by atoms with Gasteiger partial charge in [0.25, 0.3) is 0 Å². The molecule has 0 rings (SSSR count). The monoisotopic (exact) mass is 780 g/mol. The molecule has 312 valence electrons. The minimum absolute atomic E-state index is 0.0748. The Morgan fingerprint density at radius 3 is 1.56 bits per heavy atom. The highest BCUT2D eigenvalue weighted by molar-refractivity contribution is 7.47. The van der Waals surface area contributed by atoms with Gasteiger partial charge in [0.15, 0.2) is 0 Å². The van der Waals surface area contributed by atoms with Crippen molar-refractivity contribution in [1.82, 2.24) is 5.32 Å². The fourth-order valence-corrected chi connectivity index (χ4v) is 6.29. The van der Waals surface area contributed by atoms with Crippen LogP contribution in [0.15, 0.2) is 60.8 Å². The molecular formula is C44H78NO8P. The number of esters is 1. The summed E-state index contributed by atoms with van der Waals surface area (Å²) in [4.78, 5) is 33.9. The number of carbonyl (C=O) groups is 2. The summed E-state index contributed by atoms with van der Waals surface area (Å²) in [5.41, 5.74) is 0. The largest absolute Gasteiger partial charge is 0.472 e. The maximum Gasteiger partial charge on any atom is 0.472 e. The number of hydrogen-bond acceptors (Lipinski definition) is 7. The van der Waals surface area contributed by atoms with Gasteiger partial charge in [-0.3, -0.25) is 18.6 Å². The molecule has 0 radical (unpaired) electrons. The van der Waals surface area contributed by atoms with Gasteiger partial charge in [-0.05, 0) is 51.4 Å². The van der Waals surface area contributed by atoms with E-state index in [4.69, 9.17) is 13.8 Å². The second kappa shape index (κ2) is 40.4. The SMILES string of the molecule is CC/C=C\C/C=C\C/C=C\C/C=C\C/C=C\CCCC(=O)OCC(O)COP(=O)(O)OCCNC(=O)CCCCCCCCCCCCCCCCCC. The highest BCUT2D eigenvalue weighted by Crippen LogP contribution is 2.42. The van der Waals surface area contributed by atoms with Crippen LogP contribution in [0.3, 0.4) is 0 Å². The lowest BCUT2D eigenvalue weighted by Crippen LogP contribution is -2.27. The average Bonchev–Trinajstić information content (AvgIpc) is 3.16. The van der Waals surface area contributed by atoms with Gasteiger partial charge in [-0.15, -0.1) is 0 Å². The molecule has 2 unspecified atom stereocenters. The fourth-order valence-electron chi connectivity index (χ4n) is 5.53. The molecule has 0 fully saturated rings. The first-order chi connectivity index (χ1) is 26.3. The Morgan fingerprint density at radius 1 is 0.593 bits per heavy atom. The Labute approximate surface area is 329 Å². The van der Waals surface area contributed by atoms with E-state index in [0.717, 1.165) is 57.8 Å². The van der Waals surface area contributed by atoms with E-state index in [1.54, 1.807) is 0 Å². The normalized spacial score (nSPS) is 13.9. The number of allylic oxidation sites excluding steroid dienone is 10. The van der Waals surface area contributed by atoms with Gasteiger partial charge in [0, 0.05) is 19.4 Å². The molecule has 0 heterocycles. The molecule has 0 saturated heterocycles. The van der Waals surface area contributed by atoms with Crippen LogP contribution < -0.4 is 5.32 Å². The van der Waals surface area contributed by atoms with Crippen LogP contribution in [0.2, 0.25) is 0 Å². The predicted octanol–water partition coefficient (Wildman–Crippen LogP) is 11.7. The number of ether oxygens (including phenoxy) is 1. The number of hydrogen-bond donors (Lipinski definition) is 3. The van der Waals surface area contributed by atoms with Crippen molar-refractivity contribution in [3.63, 3.8) is 0 Å². The van der Waals surface area contributed by atoms with Crippen molar-refractivity contribution in [2.24, 2.45) is 0 Å². The molecule has 10 heteroatoms. The number of unbranched alkanes of at least 4 members (excludes halogenated alkanes) is 16. The van der Waals surface area contributed by atoms with Crippen LogP contribution in [0.4, 0.5) is 0 Å². The third kappa shape index (κ3) is 40.9. The minimum atomic E-state index is -4.43. The van der Waals surface area contributed by atoms with E-state index in [1.807, 2.05) is 6.08 Å². The fraction of sp³-hybridized carbons (Fsp3) is 0.727. The highest BCUT2D eigenvalue weighted by atomic mass is 31.2. The quantitative estimate of drug-likeness (QED) is 0.0243. The van der Waals surface area contributed by atoms with E-state index in [0.29, 0.717) is 12.8 Å². The van der Waals surface area contributed by atoms with E-state index in [9.17, 15) is 24.2 Å². The first-order valence-corrected chi connectivity index (χ1v) is 22.8. The summed E-state index contributed by atoms with van der Waals surface area (Å²) in [6, 6.07) is 0. The van der Waals surface area contributed by atoms with Gasteiger partial charge < -0.3 is 20.1 Å². The molecule has 0 spiro atoms. The Bertz CT molecular complexity index is 1070. The van der Waals surface area contributed by atoms with E-state index in [1.165, 1.54) is 83.5 Å². The molecule has 3 N–H and O–H groups in total. The number of rotatable bonds is 39. The third-order valence-electron chi connectivity index (χ3n) is 8.71. The number of amides is 1. The third-order valence-corrected chi connectivity index (χ3v) is 9.70. The van der Waals surface area contributed by atoms with Crippen molar-refractivity contribution >= 4 is 19.7 Å². The van der Waals surface area contributed by atoms with Crippen molar-refractivity contribution in [1.29, 1.82) is 0 Å². The van der Waals surface area contributed by atoms with Gasteiger partial charge in [-0.25, -0.2) is 4.57 Å². The second-order valence-corrected chi connectivity index (χ2v) is 15.4. The summed E-state index contributed by atoms with van der Waals surface area (Å²) in [7, 11) is -4.43. The van der Waals surface area contributed by atoms with Crippen LogP contribution in [-0.2, 0) is 27.9 Å². The van der Waals surface area contributed by atoms with Crippen molar-refractivity contribution in [3.8, 4) is 0 Å². The summed E-state index contributed by atoms with van der Waals surface area (Å²) in [5, 5.41) is 12.7. The van der Waals surface area contributed by atoms with Gasteiger partial charge in [0.1, 0.15) is 12.7 Å². The maximum atomic E-state index is 12.1. The van der Waals surface area contributed by atoms with Gasteiger partial charge in [-0.2, -0.15) is 0 Å². The molecule has 0 aliphatic carbocycles. The van der Waals surface area contributed by atoms with Crippen LogP contribution >= 0.6 is 7.82 Å². The number of phosphoric ester groups is 1. The van der Waals surface area contributed by atoms with Gasteiger partial charge in [0.2, 0.25) is 5.91 Å². The zero-order valence-corrected chi connectivity index (χ0v) is 35.0. The predicted molar refractivity (Wildman–Crippen MR) is 224 cm³/mol. The number of carbonyl (C=O) groups excluding carboxylic acids is 2.